The number of carboxylic acid groups (broad SMARTS) is 1. The summed E-state index contributed by atoms with van der Waals surface area (Å²) in [5, 5.41) is 15.0. The maximum atomic E-state index is 11.2. The van der Waals surface area contributed by atoms with Crippen LogP contribution in [0.15, 0.2) is 0 Å². The Balaban J connectivity index is 0.000000224. The molecule has 0 aromatic heterocycles. The summed E-state index contributed by atoms with van der Waals surface area (Å²) < 4.78 is 4.94. The average Bonchev–Trinajstić information content (AvgIpc) is 2.49. The summed E-state index contributed by atoms with van der Waals surface area (Å²) >= 11 is 0. The maximum Gasteiger partial charge on any atom is 0.310 e. The van der Waals surface area contributed by atoms with Crippen LogP contribution in [0.2, 0.25) is 0 Å². The third-order valence-electron chi connectivity index (χ3n) is 4.29. The minimum atomic E-state index is -0.667. The van der Waals surface area contributed by atoms with E-state index in [0.717, 1.165) is 32.2 Å². The molecule has 0 aromatic rings. The maximum absolute atomic E-state index is 11.2. The Hall–Kier alpha value is -1.14. The van der Waals surface area contributed by atoms with E-state index >= 15 is 0 Å². The molecular formula is C16H30N2O4. The number of hydrogen-bond donors (Lipinski definition) is 3. The fourth-order valence-corrected chi connectivity index (χ4v) is 2.67. The molecule has 3 N–H and O–H groups in total. The van der Waals surface area contributed by atoms with Crippen LogP contribution < -0.4 is 10.6 Å². The van der Waals surface area contributed by atoms with Gasteiger partial charge in [-0.25, -0.2) is 0 Å². The van der Waals surface area contributed by atoms with Crippen LogP contribution in [-0.2, 0) is 14.3 Å². The molecule has 0 bridgehead atoms. The minimum absolute atomic E-state index is 0.0445. The highest BCUT2D eigenvalue weighted by molar-refractivity contribution is 5.72. The van der Waals surface area contributed by atoms with Crippen molar-refractivity contribution in [2.45, 2.75) is 58.5 Å². The third-order valence-corrected chi connectivity index (χ3v) is 4.29. The van der Waals surface area contributed by atoms with Crippen LogP contribution in [0.4, 0.5) is 0 Å². The number of ether oxygens (including phenoxy) is 1. The molecule has 2 fully saturated rings. The van der Waals surface area contributed by atoms with E-state index < -0.39 is 5.97 Å². The predicted molar refractivity (Wildman–Crippen MR) is 84.6 cm³/mol. The average molecular weight is 314 g/mol. The van der Waals surface area contributed by atoms with Gasteiger partial charge in [-0.2, -0.15) is 0 Å². The number of carboxylic acids is 1. The van der Waals surface area contributed by atoms with Crippen molar-refractivity contribution in [3.05, 3.63) is 0 Å². The van der Waals surface area contributed by atoms with E-state index in [4.69, 9.17) is 9.84 Å². The Kier molecular flexibility index (Phi) is 8.42. The highest BCUT2D eigenvalue weighted by Gasteiger charge is 2.24. The molecule has 22 heavy (non-hydrogen) atoms. The van der Waals surface area contributed by atoms with Gasteiger partial charge in [0.05, 0.1) is 18.4 Å². The molecular weight excluding hydrogens is 284 g/mol. The van der Waals surface area contributed by atoms with Gasteiger partial charge in [0.15, 0.2) is 0 Å². The van der Waals surface area contributed by atoms with Gasteiger partial charge in [0.25, 0.3) is 0 Å². The lowest BCUT2D eigenvalue weighted by Crippen LogP contribution is -2.40. The van der Waals surface area contributed by atoms with Gasteiger partial charge in [0.1, 0.15) is 0 Å². The van der Waals surface area contributed by atoms with Crippen molar-refractivity contribution in [1.29, 1.82) is 0 Å². The monoisotopic (exact) mass is 314 g/mol. The first-order valence-corrected chi connectivity index (χ1v) is 8.30. The zero-order valence-corrected chi connectivity index (χ0v) is 13.9. The Morgan fingerprint density at radius 1 is 1.00 bits per heavy atom. The lowest BCUT2D eigenvalue weighted by atomic mass is 9.96. The van der Waals surface area contributed by atoms with E-state index in [1.807, 2.05) is 6.92 Å². The highest BCUT2D eigenvalue weighted by atomic mass is 16.5. The Labute approximate surface area is 133 Å². The minimum Gasteiger partial charge on any atom is -0.481 e. The molecule has 0 amide bonds. The molecule has 2 heterocycles. The third kappa shape index (κ3) is 6.75. The summed E-state index contributed by atoms with van der Waals surface area (Å²) in [6.07, 6.45) is 3.84. The number of hydrogen-bond acceptors (Lipinski definition) is 5. The second-order valence-electron chi connectivity index (χ2n) is 6.26. The first-order chi connectivity index (χ1) is 10.4. The molecule has 0 aliphatic carbocycles. The molecule has 0 spiro atoms. The summed E-state index contributed by atoms with van der Waals surface area (Å²) in [5.41, 5.74) is 0. The highest BCUT2D eigenvalue weighted by Crippen LogP contribution is 2.15. The fraction of sp³-hybridized carbons (Fsp3) is 0.875. The van der Waals surface area contributed by atoms with Crippen molar-refractivity contribution in [3.8, 4) is 0 Å². The zero-order chi connectivity index (χ0) is 16.5. The van der Waals surface area contributed by atoms with E-state index in [0.29, 0.717) is 25.2 Å². The summed E-state index contributed by atoms with van der Waals surface area (Å²) in [5.74, 6) is -0.784. The van der Waals surface area contributed by atoms with Gasteiger partial charge in [-0.1, -0.05) is 0 Å². The van der Waals surface area contributed by atoms with Crippen molar-refractivity contribution in [2.75, 3.05) is 19.7 Å². The van der Waals surface area contributed by atoms with Crippen LogP contribution in [0.1, 0.15) is 46.5 Å². The second kappa shape index (κ2) is 9.79. The SMILES string of the molecule is CC1CCC(C(=O)O)CN1.CCOC(=O)C1CCC(C)NC1. The number of carbonyl (C=O) groups is 2. The first-order valence-electron chi connectivity index (χ1n) is 8.30. The number of esters is 1. The number of aliphatic carboxylic acids is 1. The quantitative estimate of drug-likeness (QED) is 0.683. The summed E-state index contributed by atoms with van der Waals surface area (Å²) in [6.45, 7) is 7.97. The van der Waals surface area contributed by atoms with Crippen LogP contribution in [-0.4, -0.2) is 48.8 Å². The molecule has 6 heteroatoms. The second-order valence-corrected chi connectivity index (χ2v) is 6.26. The van der Waals surface area contributed by atoms with Gasteiger partial charge in [0.2, 0.25) is 0 Å². The molecule has 128 valence electrons. The largest absolute Gasteiger partial charge is 0.481 e. The van der Waals surface area contributed by atoms with Crippen molar-refractivity contribution < 1.29 is 19.4 Å². The van der Waals surface area contributed by atoms with E-state index in [9.17, 15) is 9.59 Å². The van der Waals surface area contributed by atoms with Gasteiger partial charge < -0.3 is 20.5 Å². The molecule has 0 aromatic carbocycles. The van der Waals surface area contributed by atoms with Gasteiger partial charge >= 0.3 is 11.9 Å². The molecule has 2 aliphatic heterocycles. The van der Waals surface area contributed by atoms with Gasteiger partial charge in [0, 0.05) is 25.2 Å². The summed E-state index contributed by atoms with van der Waals surface area (Å²) in [6, 6.07) is 1.05. The van der Waals surface area contributed by atoms with Crippen LogP contribution in [0.25, 0.3) is 0 Å². The zero-order valence-electron chi connectivity index (χ0n) is 13.9. The number of rotatable bonds is 3. The van der Waals surface area contributed by atoms with Gasteiger partial charge in [-0.05, 0) is 46.5 Å². The summed E-state index contributed by atoms with van der Waals surface area (Å²) in [7, 11) is 0. The molecule has 2 saturated heterocycles. The molecule has 2 aliphatic rings. The van der Waals surface area contributed by atoms with Gasteiger partial charge in [-0.15, -0.1) is 0 Å². The molecule has 0 saturated carbocycles. The number of piperidine rings is 2. The Bertz CT molecular complexity index is 346. The number of carbonyl (C=O) groups excluding carboxylic acids is 1. The van der Waals surface area contributed by atoms with E-state index in [2.05, 4.69) is 24.5 Å². The molecule has 4 unspecified atom stereocenters. The van der Waals surface area contributed by atoms with E-state index in [-0.39, 0.29) is 17.8 Å². The molecule has 6 nitrogen and oxygen atoms in total. The van der Waals surface area contributed by atoms with Gasteiger partial charge in [-0.3, -0.25) is 9.59 Å². The van der Waals surface area contributed by atoms with E-state index in [1.165, 1.54) is 0 Å². The van der Waals surface area contributed by atoms with Crippen molar-refractivity contribution in [1.82, 2.24) is 10.6 Å². The first kappa shape index (κ1) is 18.9. The molecule has 0 radical (unpaired) electrons. The normalized spacial score (nSPS) is 31.6. The van der Waals surface area contributed by atoms with Crippen LogP contribution in [0.3, 0.4) is 0 Å². The lowest BCUT2D eigenvalue weighted by molar-refractivity contribution is -0.148. The Morgan fingerprint density at radius 2 is 1.50 bits per heavy atom. The fourth-order valence-electron chi connectivity index (χ4n) is 2.67. The van der Waals surface area contributed by atoms with Crippen molar-refractivity contribution in [2.24, 2.45) is 11.8 Å². The topological polar surface area (TPSA) is 87.7 Å². The Morgan fingerprint density at radius 3 is 1.86 bits per heavy atom. The lowest BCUT2D eigenvalue weighted by Gasteiger charge is -2.25. The standard InChI is InChI=1S/C9H17NO2.C7H13NO2/c1-3-12-9(11)8-5-4-7(2)10-6-8;1-5-2-3-6(4-8-5)7(9)10/h7-8,10H,3-6H2,1-2H3;5-6,8H,2-4H2,1H3,(H,9,10). The molecule has 2 rings (SSSR count). The van der Waals surface area contributed by atoms with Crippen molar-refractivity contribution in [3.63, 3.8) is 0 Å². The van der Waals surface area contributed by atoms with Crippen LogP contribution >= 0.6 is 0 Å². The van der Waals surface area contributed by atoms with Crippen LogP contribution in [0.5, 0.6) is 0 Å². The van der Waals surface area contributed by atoms with Crippen molar-refractivity contribution >= 4 is 11.9 Å². The number of nitrogens with one attached hydrogen (secondary N) is 2. The van der Waals surface area contributed by atoms with E-state index in [1.54, 1.807) is 0 Å². The summed E-state index contributed by atoms with van der Waals surface area (Å²) in [4.78, 5) is 21.7. The smallest absolute Gasteiger partial charge is 0.310 e. The van der Waals surface area contributed by atoms with Crippen LogP contribution in [0, 0.1) is 11.8 Å². The molecule has 4 atom stereocenters. The predicted octanol–water partition coefficient (Wildman–Crippen LogP) is 1.40.